The molecule has 168 valence electrons. The first-order chi connectivity index (χ1) is 16.0. The third kappa shape index (κ3) is 4.04. The lowest BCUT2D eigenvalue weighted by molar-refractivity contribution is -0.156. The molecule has 2 aliphatic rings. The summed E-state index contributed by atoms with van der Waals surface area (Å²) in [5.41, 5.74) is 1.09. The molecule has 7 nitrogen and oxygen atoms in total. The van der Waals surface area contributed by atoms with Gasteiger partial charge in [0.25, 0.3) is 5.91 Å². The van der Waals surface area contributed by atoms with Crippen LogP contribution in [0.1, 0.15) is 22.5 Å². The van der Waals surface area contributed by atoms with Crippen LogP contribution in [0.25, 0.3) is 10.8 Å². The molecule has 1 unspecified atom stereocenters. The molecule has 1 atom stereocenters. The zero-order valence-electron chi connectivity index (χ0n) is 18.0. The van der Waals surface area contributed by atoms with Crippen LogP contribution in [0.3, 0.4) is 0 Å². The Balaban J connectivity index is 1.40. The van der Waals surface area contributed by atoms with Gasteiger partial charge in [-0.2, -0.15) is 0 Å². The molecule has 2 aliphatic heterocycles. The van der Waals surface area contributed by atoms with E-state index in [1.54, 1.807) is 28.1 Å². The molecule has 0 radical (unpaired) electrons. The van der Waals surface area contributed by atoms with Gasteiger partial charge in [0.15, 0.2) is 0 Å². The Morgan fingerprint density at radius 2 is 1.82 bits per heavy atom. The average Bonchev–Trinajstić information content (AvgIpc) is 3.07. The number of fused-ring (bicyclic) bond motifs is 2. The molecule has 0 saturated carbocycles. The Bertz CT molecular complexity index is 1220. The van der Waals surface area contributed by atoms with Crippen LogP contribution in [0.4, 0.5) is 4.39 Å². The Hall–Kier alpha value is -3.81. The number of hydrogen-bond donors (Lipinski definition) is 0. The van der Waals surface area contributed by atoms with Gasteiger partial charge in [-0.25, -0.2) is 4.39 Å². The lowest BCUT2D eigenvalue weighted by atomic mass is 10.1. The number of carbonyl (C=O) groups is 3. The quantitative estimate of drug-likeness (QED) is 0.620. The van der Waals surface area contributed by atoms with Crippen LogP contribution in [0.5, 0.6) is 0 Å². The molecule has 0 spiro atoms. The van der Waals surface area contributed by atoms with Crippen LogP contribution >= 0.6 is 0 Å². The number of aromatic nitrogens is 1. The predicted octanol–water partition coefficient (Wildman–Crippen LogP) is 2.46. The van der Waals surface area contributed by atoms with Gasteiger partial charge in [0.1, 0.15) is 24.1 Å². The summed E-state index contributed by atoms with van der Waals surface area (Å²) in [7, 11) is 0. The van der Waals surface area contributed by atoms with Gasteiger partial charge in [0.2, 0.25) is 11.8 Å². The summed E-state index contributed by atoms with van der Waals surface area (Å²) in [6.07, 6.45) is 2.20. The fraction of sp³-hybridized carbons (Fsp3) is 0.280. The topological polar surface area (TPSA) is 73.8 Å². The van der Waals surface area contributed by atoms with E-state index in [-0.39, 0.29) is 43.2 Å². The smallest absolute Gasteiger partial charge is 0.273 e. The molecule has 0 aliphatic carbocycles. The molecule has 33 heavy (non-hydrogen) atoms. The fourth-order valence-electron chi connectivity index (χ4n) is 4.61. The summed E-state index contributed by atoms with van der Waals surface area (Å²) in [6, 6.07) is 14.5. The van der Waals surface area contributed by atoms with Crippen molar-refractivity contribution in [3.8, 4) is 0 Å². The first-order valence-electron chi connectivity index (χ1n) is 11.0. The number of piperazine rings is 1. The van der Waals surface area contributed by atoms with Gasteiger partial charge in [0.05, 0.1) is 6.54 Å². The van der Waals surface area contributed by atoms with E-state index in [9.17, 15) is 18.8 Å². The highest BCUT2D eigenvalue weighted by molar-refractivity contribution is 6.05. The normalized spacial score (nSPS) is 18.9. The van der Waals surface area contributed by atoms with E-state index in [1.807, 2.05) is 30.3 Å². The SMILES string of the molecule is O=C(c1nccc2ccccc12)N1CCCN2C(=O)CN(Cc3ccc(F)cc3)C(=O)C2C1. The Kier molecular flexibility index (Phi) is 5.50. The van der Waals surface area contributed by atoms with Crippen molar-refractivity contribution < 1.29 is 18.8 Å². The molecule has 3 amide bonds. The van der Waals surface area contributed by atoms with Crippen LogP contribution < -0.4 is 0 Å². The van der Waals surface area contributed by atoms with E-state index in [0.717, 1.165) is 16.3 Å². The highest BCUT2D eigenvalue weighted by atomic mass is 19.1. The third-order valence-corrected chi connectivity index (χ3v) is 6.29. The maximum atomic E-state index is 13.4. The summed E-state index contributed by atoms with van der Waals surface area (Å²) < 4.78 is 13.2. The molecule has 2 fully saturated rings. The standard InChI is InChI=1S/C25H23FN4O3/c26-19-8-6-17(7-9-19)14-29-16-22(31)30-13-3-12-28(15-21(30)24(29)32)25(33)23-20-5-2-1-4-18(20)10-11-27-23/h1-2,4-11,21H,3,12-16H2. The average molecular weight is 446 g/mol. The number of rotatable bonds is 3. The van der Waals surface area contributed by atoms with Gasteiger partial charge < -0.3 is 14.7 Å². The highest BCUT2D eigenvalue weighted by Crippen LogP contribution is 2.23. The van der Waals surface area contributed by atoms with Crippen molar-refractivity contribution in [2.75, 3.05) is 26.2 Å². The lowest BCUT2D eigenvalue weighted by Crippen LogP contribution is -2.61. The van der Waals surface area contributed by atoms with Crippen molar-refractivity contribution >= 4 is 28.5 Å². The lowest BCUT2D eigenvalue weighted by Gasteiger charge is -2.40. The van der Waals surface area contributed by atoms with Gasteiger partial charge in [0, 0.05) is 31.2 Å². The van der Waals surface area contributed by atoms with Crippen LogP contribution in [0, 0.1) is 5.82 Å². The fourth-order valence-corrected chi connectivity index (χ4v) is 4.61. The van der Waals surface area contributed by atoms with Crippen LogP contribution in [-0.4, -0.2) is 69.6 Å². The van der Waals surface area contributed by atoms with Crippen molar-refractivity contribution in [1.29, 1.82) is 0 Å². The molecule has 5 rings (SSSR count). The molecule has 0 N–H and O–H groups in total. The summed E-state index contributed by atoms with van der Waals surface area (Å²) >= 11 is 0. The zero-order valence-corrected chi connectivity index (χ0v) is 18.0. The van der Waals surface area contributed by atoms with E-state index in [0.29, 0.717) is 25.2 Å². The number of pyridine rings is 1. The molecule has 1 aromatic heterocycles. The van der Waals surface area contributed by atoms with Gasteiger partial charge in [-0.15, -0.1) is 0 Å². The number of amides is 3. The minimum Gasteiger partial charge on any atom is -0.335 e. The Labute approximate surface area is 190 Å². The van der Waals surface area contributed by atoms with Gasteiger partial charge in [-0.1, -0.05) is 36.4 Å². The van der Waals surface area contributed by atoms with Crippen molar-refractivity contribution in [1.82, 2.24) is 19.7 Å². The number of benzene rings is 2. The maximum absolute atomic E-state index is 13.4. The molecule has 0 bridgehead atoms. The van der Waals surface area contributed by atoms with E-state index < -0.39 is 6.04 Å². The van der Waals surface area contributed by atoms with E-state index in [4.69, 9.17) is 0 Å². The van der Waals surface area contributed by atoms with Crippen molar-refractivity contribution in [3.63, 3.8) is 0 Å². The number of nitrogens with zero attached hydrogens (tertiary/aromatic N) is 4. The third-order valence-electron chi connectivity index (χ3n) is 6.29. The first kappa shape index (κ1) is 21.1. The first-order valence-corrected chi connectivity index (χ1v) is 11.0. The van der Waals surface area contributed by atoms with E-state index >= 15 is 0 Å². The molecule has 2 saturated heterocycles. The summed E-state index contributed by atoms with van der Waals surface area (Å²) in [6.45, 7) is 1.18. The van der Waals surface area contributed by atoms with E-state index in [1.165, 1.54) is 17.0 Å². The van der Waals surface area contributed by atoms with Crippen molar-refractivity contribution in [3.05, 3.63) is 77.9 Å². The Morgan fingerprint density at radius 1 is 1.03 bits per heavy atom. The van der Waals surface area contributed by atoms with Gasteiger partial charge >= 0.3 is 0 Å². The molecule has 2 aromatic carbocycles. The number of hydrogen-bond acceptors (Lipinski definition) is 4. The second kappa shape index (κ2) is 8.61. The van der Waals surface area contributed by atoms with Crippen molar-refractivity contribution in [2.24, 2.45) is 0 Å². The maximum Gasteiger partial charge on any atom is 0.273 e. The highest BCUT2D eigenvalue weighted by Gasteiger charge is 2.42. The van der Waals surface area contributed by atoms with Crippen LogP contribution in [-0.2, 0) is 16.1 Å². The summed E-state index contributed by atoms with van der Waals surface area (Å²) in [5.74, 6) is -0.945. The summed E-state index contributed by atoms with van der Waals surface area (Å²) in [4.78, 5) is 48.7. The molecular formula is C25H23FN4O3. The van der Waals surface area contributed by atoms with Gasteiger partial charge in [-0.3, -0.25) is 19.4 Å². The molecule has 3 aromatic rings. The molecule has 3 heterocycles. The number of halogens is 1. The van der Waals surface area contributed by atoms with E-state index in [2.05, 4.69) is 4.98 Å². The van der Waals surface area contributed by atoms with Crippen LogP contribution in [0.2, 0.25) is 0 Å². The van der Waals surface area contributed by atoms with Gasteiger partial charge in [-0.05, 0) is 35.6 Å². The van der Waals surface area contributed by atoms with Crippen LogP contribution in [0.15, 0.2) is 60.8 Å². The second-order valence-electron chi connectivity index (χ2n) is 8.41. The Morgan fingerprint density at radius 3 is 2.64 bits per heavy atom. The van der Waals surface area contributed by atoms with Crippen molar-refractivity contribution in [2.45, 2.75) is 19.0 Å². The molecular weight excluding hydrogens is 423 g/mol. The number of carbonyl (C=O) groups excluding carboxylic acids is 3. The minimum atomic E-state index is -0.742. The largest absolute Gasteiger partial charge is 0.335 e. The summed E-state index contributed by atoms with van der Waals surface area (Å²) in [5, 5.41) is 1.68. The minimum absolute atomic E-state index is 0.0223. The second-order valence-corrected chi connectivity index (χ2v) is 8.41. The predicted molar refractivity (Wildman–Crippen MR) is 120 cm³/mol. The monoisotopic (exact) mass is 446 g/mol. The molecule has 8 heteroatoms. The zero-order chi connectivity index (χ0) is 22.9.